The molecule has 0 heterocycles. The molecule has 0 unspecified atom stereocenters. The lowest BCUT2D eigenvalue weighted by atomic mass is 9.79. The summed E-state index contributed by atoms with van der Waals surface area (Å²) in [5.74, 6) is 0.541. The van der Waals surface area contributed by atoms with Crippen LogP contribution in [0.1, 0.15) is 32.6 Å². The molecule has 4 nitrogen and oxygen atoms in total. The van der Waals surface area contributed by atoms with Gasteiger partial charge in [0.25, 0.3) is 0 Å². The zero-order chi connectivity index (χ0) is 14.4. The Morgan fingerprint density at radius 3 is 2.55 bits per heavy atom. The molecule has 1 aromatic carbocycles. The van der Waals surface area contributed by atoms with Gasteiger partial charge in [-0.25, -0.2) is 0 Å². The van der Waals surface area contributed by atoms with Crippen LogP contribution in [0.15, 0.2) is 30.3 Å². The van der Waals surface area contributed by atoms with Gasteiger partial charge in [0.05, 0.1) is 18.1 Å². The number of rotatable bonds is 5. The van der Waals surface area contributed by atoms with Crippen LogP contribution in [0.3, 0.4) is 0 Å². The normalized spacial score (nSPS) is 26.0. The smallest absolute Gasteiger partial charge is 0.308 e. The highest BCUT2D eigenvalue weighted by Gasteiger charge is 2.37. The van der Waals surface area contributed by atoms with E-state index < -0.39 is 5.60 Å². The maximum Gasteiger partial charge on any atom is 0.308 e. The van der Waals surface area contributed by atoms with Gasteiger partial charge in [-0.15, -0.1) is 0 Å². The average molecular weight is 278 g/mol. The molecule has 1 fully saturated rings. The second-order valence-electron chi connectivity index (χ2n) is 5.35. The Bertz CT molecular complexity index is 421. The molecule has 0 saturated heterocycles. The van der Waals surface area contributed by atoms with E-state index in [0.29, 0.717) is 32.3 Å². The molecule has 0 aromatic heterocycles. The topological polar surface area (TPSA) is 55.8 Å². The van der Waals surface area contributed by atoms with Gasteiger partial charge in [-0.2, -0.15) is 0 Å². The van der Waals surface area contributed by atoms with E-state index in [2.05, 4.69) is 0 Å². The van der Waals surface area contributed by atoms with Gasteiger partial charge in [0.2, 0.25) is 0 Å². The minimum absolute atomic E-state index is 0.0769. The molecule has 0 radical (unpaired) electrons. The van der Waals surface area contributed by atoms with Crippen molar-refractivity contribution in [2.24, 2.45) is 5.92 Å². The fourth-order valence-corrected chi connectivity index (χ4v) is 2.53. The predicted molar refractivity (Wildman–Crippen MR) is 75.5 cm³/mol. The Labute approximate surface area is 119 Å². The standard InChI is InChI=1S/C16H22O4/c1-2-19-15(17)13-8-10-16(18,11-9-13)12-20-14-6-4-3-5-7-14/h3-7,13,18H,2,8-12H2,1H3. The van der Waals surface area contributed by atoms with E-state index >= 15 is 0 Å². The van der Waals surface area contributed by atoms with Gasteiger partial charge in [0.1, 0.15) is 12.4 Å². The largest absolute Gasteiger partial charge is 0.491 e. The number of carbonyl (C=O) groups excluding carboxylic acids is 1. The van der Waals surface area contributed by atoms with E-state index in [4.69, 9.17) is 9.47 Å². The molecule has 1 aliphatic carbocycles. The maximum atomic E-state index is 11.7. The van der Waals surface area contributed by atoms with Crippen LogP contribution in [0.2, 0.25) is 0 Å². The van der Waals surface area contributed by atoms with Crippen LogP contribution < -0.4 is 4.74 Å². The predicted octanol–water partition coefficient (Wildman–Crippen LogP) is 2.55. The Morgan fingerprint density at radius 1 is 1.30 bits per heavy atom. The van der Waals surface area contributed by atoms with Crippen LogP contribution in [0, 0.1) is 5.92 Å². The van der Waals surface area contributed by atoms with Gasteiger partial charge in [-0.1, -0.05) is 18.2 Å². The van der Waals surface area contributed by atoms with E-state index in [1.807, 2.05) is 37.3 Å². The van der Waals surface area contributed by atoms with Gasteiger partial charge in [0.15, 0.2) is 0 Å². The van der Waals surface area contributed by atoms with Crippen molar-refractivity contribution in [1.82, 2.24) is 0 Å². The van der Waals surface area contributed by atoms with Crippen LogP contribution >= 0.6 is 0 Å². The first kappa shape index (κ1) is 14.9. The Kier molecular flexibility index (Phi) is 5.01. The number of ether oxygens (including phenoxy) is 2. The van der Waals surface area contributed by atoms with E-state index in [1.54, 1.807) is 0 Å². The van der Waals surface area contributed by atoms with Gasteiger partial charge < -0.3 is 14.6 Å². The SMILES string of the molecule is CCOC(=O)C1CCC(O)(COc2ccccc2)CC1. The minimum Gasteiger partial charge on any atom is -0.491 e. The molecule has 0 atom stereocenters. The second-order valence-corrected chi connectivity index (χ2v) is 5.35. The van der Waals surface area contributed by atoms with Crippen molar-refractivity contribution in [2.75, 3.05) is 13.2 Å². The van der Waals surface area contributed by atoms with Crippen molar-refractivity contribution in [2.45, 2.75) is 38.2 Å². The molecule has 2 rings (SSSR count). The highest BCUT2D eigenvalue weighted by atomic mass is 16.5. The zero-order valence-electron chi connectivity index (χ0n) is 11.9. The summed E-state index contributed by atoms with van der Waals surface area (Å²) in [6.07, 6.45) is 2.47. The Balaban J connectivity index is 1.81. The molecule has 0 bridgehead atoms. The van der Waals surface area contributed by atoms with Crippen LogP contribution in [0.5, 0.6) is 5.75 Å². The second kappa shape index (κ2) is 6.75. The Morgan fingerprint density at radius 2 is 1.95 bits per heavy atom. The van der Waals surface area contributed by atoms with E-state index in [0.717, 1.165) is 5.75 Å². The summed E-state index contributed by atoms with van der Waals surface area (Å²) >= 11 is 0. The molecule has 0 amide bonds. The fourth-order valence-electron chi connectivity index (χ4n) is 2.53. The molecule has 110 valence electrons. The number of hydrogen-bond acceptors (Lipinski definition) is 4. The molecule has 4 heteroatoms. The van der Waals surface area contributed by atoms with Crippen molar-refractivity contribution in [3.63, 3.8) is 0 Å². The van der Waals surface area contributed by atoms with Crippen LogP contribution in [0.25, 0.3) is 0 Å². The quantitative estimate of drug-likeness (QED) is 0.841. The third-order valence-electron chi connectivity index (χ3n) is 3.79. The first-order valence-electron chi connectivity index (χ1n) is 7.20. The highest BCUT2D eigenvalue weighted by molar-refractivity contribution is 5.72. The first-order valence-corrected chi connectivity index (χ1v) is 7.20. The van der Waals surface area contributed by atoms with Crippen molar-refractivity contribution < 1.29 is 19.4 Å². The molecule has 1 aromatic rings. The number of esters is 1. The lowest BCUT2D eigenvalue weighted by Crippen LogP contribution is -2.41. The molecule has 1 saturated carbocycles. The van der Waals surface area contributed by atoms with Gasteiger partial charge in [0, 0.05) is 0 Å². The molecular weight excluding hydrogens is 256 g/mol. The molecule has 0 aliphatic heterocycles. The highest BCUT2D eigenvalue weighted by Crippen LogP contribution is 2.33. The van der Waals surface area contributed by atoms with Gasteiger partial charge >= 0.3 is 5.97 Å². The first-order chi connectivity index (χ1) is 9.63. The lowest BCUT2D eigenvalue weighted by Gasteiger charge is -2.34. The minimum atomic E-state index is -0.834. The third-order valence-corrected chi connectivity index (χ3v) is 3.79. The molecule has 1 N–H and O–H groups in total. The van der Waals surface area contributed by atoms with Crippen LogP contribution in [-0.2, 0) is 9.53 Å². The average Bonchev–Trinajstić information content (AvgIpc) is 2.47. The lowest BCUT2D eigenvalue weighted by molar-refractivity contribution is -0.151. The van der Waals surface area contributed by atoms with Crippen molar-refractivity contribution in [3.05, 3.63) is 30.3 Å². The van der Waals surface area contributed by atoms with Gasteiger partial charge in [-0.3, -0.25) is 4.79 Å². The molecule has 20 heavy (non-hydrogen) atoms. The number of aliphatic hydroxyl groups is 1. The van der Waals surface area contributed by atoms with E-state index in [-0.39, 0.29) is 18.5 Å². The van der Waals surface area contributed by atoms with Crippen molar-refractivity contribution in [3.8, 4) is 5.75 Å². The van der Waals surface area contributed by atoms with Crippen molar-refractivity contribution in [1.29, 1.82) is 0 Å². The Hall–Kier alpha value is -1.55. The molecule has 0 spiro atoms. The van der Waals surface area contributed by atoms with E-state index in [9.17, 15) is 9.90 Å². The number of carbonyl (C=O) groups is 1. The molecule has 1 aliphatic rings. The summed E-state index contributed by atoms with van der Waals surface area (Å²) in [6.45, 7) is 2.49. The maximum absolute atomic E-state index is 11.7. The van der Waals surface area contributed by atoms with Gasteiger partial charge in [-0.05, 0) is 44.7 Å². The fraction of sp³-hybridized carbons (Fsp3) is 0.562. The van der Waals surface area contributed by atoms with Crippen molar-refractivity contribution >= 4 is 5.97 Å². The third kappa shape index (κ3) is 3.97. The monoisotopic (exact) mass is 278 g/mol. The summed E-state index contributed by atoms with van der Waals surface area (Å²) in [5.41, 5.74) is -0.834. The summed E-state index contributed by atoms with van der Waals surface area (Å²) in [6, 6.07) is 9.46. The number of benzene rings is 1. The molecular formula is C16H22O4. The van der Waals surface area contributed by atoms with Crippen LogP contribution in [0.4, 0.5) is 0 Å². The number of para-hydroxylation sites is 1. The summed E-state index contributed by atoms with van der Waals surface area (Å²) in [4.78, 5) is 11.7. The summed E-state index contributed by atoms with van der Waals surface area (Å²) < 4.78 is 10.7. The number of hydrogen-bond donors (Lipinski definition) is 1. The summed E-state index contributed by atoms with van der Waals surface area (Å²) in [5, 5.41) is 10.5. The zero-order valence-corrected chi connectivity index (χ0v) is 11.9. The van der Waals surface area contributed by atoms with Crippen LogP contribution in [-0.4, -0.2) is 29.9 Å². The summed E-state index contributed by atoms with van der Waals surface area (Å²) in [7, 11) is 0. The van der Waals surface area contributed by atoms with E-state index in [1.165, 1.54) is 0 Å².